The molecule has 2 N–H and O–H groups in total. The van der Waals surface area contributed by atoms with E-state index in [1.807, 2.05) is 13.8 Å². The van der Waals surface area contributed by atoms with Crippen LogP contribution >= 0.6 is 0 Å². The Morgan fingerprint density at radius 2 is 2.04 bits per heavy atom. The summed E-state index contributed by atoms with van der Waals surface area (Å²) in [6.45, 7) is 4.52. The number of aromatic nitrogens is 3. The van der Waals surface area contributed by atoms with Crippen molar-refractivity contribution in [3.63, 3.8) is 0 Å². The van der Waals surface area contributed by atoms with Crippen molar-refractivity contribution in [1.82, 2.24) is 20.1 Å². The average Bonchev–Trinajstić information content (AvgIpc) is 3.08. The molecule has 1 amide bonds. The van der Waals surface area contributed by atoms with Crippen LogP contribution in [-0.4, -0.2) is 32.5 Å². The van der Waals surface area contributed by atoms with Crippen LogP contribution in [0, 0.1) is 0 Å². The molecular formula is C19H17F3N4O2. The molecule has 0 spiro atoms. The van der Waals surface area contributed by atoms with Crippen molar-refractivity contribution in [3.05, 3.63) is 63.2 Å². The number of para-hydroxylation sites is 1. The lowest BCUT2D eigenvalue weighted by molar-refractivity contribution is -0.136. The van der Waals surface area contributed by atoms with Gasteiger partial charge in [0.1, 0.15) is 5.56 Å². The van der Waals surface area contributed by atoms with Crippen LogP contribution in [0.25, 0.3) is 10.9 Å². The molecule has 9 heteroatoms. The maximum absolute atomic E-state index is 13.2. The van der Waals surface area contributed by atoms with Gasteiger partial charge in [0.15, 0.2) is 0 Å². The van der Waals surface area contributed by atoms with Crippen molar-refractivity contribution < 1.29 is 18.0 Å². The van der Waals surface area contributed by atoms with Crippen molar-refractivity contribution in [3.8, 4) is 0 Å². The molecule has 4 rings (SSSR count). The second-order valence-corrected chi connectivity index (χ2v) is 7.60. The molecule has 6 nitrogen and oxygen atoms in total. The van der Waals surface area contributed by atoms with Crippen LogP contribution in [0.3, 0.4) is 0 Å². The smallest absolute Gasteiger partial charge is 0.333 e. The van der Waals surface area contributed by atoms with Crippen molar-refractivity contribution >= 4 is 16.8 Å². The second kappa shape index (κ2) is 5.95. The monoisotopic (exact) mass is 390 g/mol. The van der Waals surface area contributed by atoms with E-state index in [1.165, 1.54) is 23.1 Å². The van der Waals surface area contributed by atoms with E-state index in [1.54, 1.807) is 6.20 Å². The highest BCUT2D eigenvalue weighted by atomic mass is 19.4. The Morgan fingerprint density at radius 3 is 2.75 bits per heavy atom. The molecule has 28 heavy (non-hydrogen) atoms. The quantitative estimate of drug-likeness (QED) is 0.670. The molecule has 146 valence electrons. The number of carbonyl (C=O) groups excluding carboxylic acids is 1. The third-order valence-corrected chi connectivity index (χ3v) is 5.04. The molecule has 0 bridgehead atoms. The van der Waals surface area contributed by atoms with Gasteiger partial charge in [-0.05, 0) is 17.5 Å². The van der Waals surface area contributed by atoms with Gasteiger partial charge in [-0.15, -0.1) is 0 Å². The fraction of sp³-hybridized carbons (Fsp3) is 0.316. The van der Waals surface area contributed by atoms with Crippen molar-refractivity contribution in [2.75, 3.05) is 6.54 Å². The molecule has 3 heterocycles. The average molecular weight is 390 g/mol. The number of benzene rings is 1. The normalized spacial score (nSPS) is 16.2. The summed E-state index contributed by atoms with van der Waals surface area (Å²) in [6.07, 6.45) is -2.97. The summed E-state index contributed by atoms with van der Waals surface area (Å²) in [5, 5.41) is 7.11. The van der Waals surface area contributed by atoms with Crippen LogP contribution in [-0.2, 0) is 18.1 Å². The van der Waals surface area contributed by atoms with Gasteiger partial charge in [-0.1, -0.05) is 26.0 Å². The van der Waals surface area contributed by atoms with E-state index in [-0.39, 0.29) is 23.0 Å². The highest BCUT2D eigenvalue weighted by Crippen LogP contribution is 2.34. The highest BCUT2D eigenvalue weighted by molar-refractivity contribution is 5.97. The number of hydrogen-bond donors (Lipinski definition) is 2. The molecule has 0 fully saturated rings. The molecular weight excluding hydrogens is 373 g/mol. The van der Waals surface area contributed by atoms with Crippen molar-refractivity contribution in [2.45, 2.75) is 32.0 Å². The minimum atomic E-state index is -4.61. The van der Waals surface area contributed by atoms with Gasteiger partial charge in [0.25, 0.3) is 11.5 Å². The molecule has 2 aromatic heterocycles. The predicted octanol–water partition coefficient (Wildman–Crippen LogP) is 3.20. The number of nitrogens with zero attached hydrogens (tertiary/aromatic N) is 2. The van der Waals surface area contributed by atoms with E-state index in [2.05, 4.69) is 15.2 Å². The molecule has 0 saturated carbocycles. The Bertz CT molecular complexity index is 1140. The molecule has 1 aromatic carbocycles. The van der Waals surface area contributed by atoms with E-state index in [0.717, 1.165) is 17.3 Å². The topological polar surface area (TPSA) is 81.8 Å². The van der Waals surface area contributed by atoms with E-state index in [0.29, 0.717) is 6.54 Å². The van der Waals surface area contributed by atoms with Gasteiger partial charge < -0.3 is 9.88 Å². The minimum absolute atomic E-state index is 0.151. The van der Waals surface area contributed by atoms with E-state index in [4.69, 9.17) is 0 Å². The number of aromatic amines is 2. The first-order valence-electron chi connectivity index (χ1n) is 8.63. The number of H-pyrrole nitrogens is 2. The van der Waals surface area contributed by atoms with Crippen LogP contribution in [0.5, 0.6) is 0 Å². The molecule has 1 aliphatic heterocycles. The number of halogens is 3. The van der Waals surface area contributed by atoms with Crippen molar-refractivity contribution in [2.24, 2.45) is 0 Å². The zero-order chi connectivity index (χ0) is 20.3. The lowest BCUT2D eigenvalue weighted by Crippen LogP contribution is -2.46. The van der Waals surface area contributed by atoms with Crippen LogP contribution in [0.4, 0.5) is 13.2 Å². The largest absolute Gasteiger partial charge is 0.418 e. The number of amides is 1. The summed E-state index contributed by atoms with van der Waals surface area (Å²) >= 11 is 0. The van der Waals surface area contributed by atoms with Crippen LogP contribution in [0.1, 0.15) is 41.0 Å². The van der Waals surface area contributed by atoms with Crippen LogP contribution in [0.15, 0.2) is 35.3 Å². The molecule has 3 aromatic rings. The molecule has 0 saturated heterocycles. The summed E-state index contributed by atoms with van der Waals surface area (Å²) in [5.41, 5.74) is -0.914. The zero-order valence-corrected chi connectivity index (χ0v) is 15.1. The highest BCUT2D eigenvalue weighted by Gasteiger charge is 2.37. The molecule has 0 atom stereocenters. The third-order valence-electron chi connectivity index (χ3n) is 5.04. The number of fused-ring (bicyclic) bond motifs is 2. The first-order chi connectivity index (χ1) is 13.1. The third kappa shape index (κ3) is 2.87. The number of nitrogens with one attached hydrogen (secondary N) is 2. The fourth-order valence-corrected chi connectivity index (χ4v) is 3.78. The summed E-state index contributed by atoms with van der Waals surface area (Å²) in [4.78, 5) is 29.2. The minimum Gasteiger partial charge on any atom is -0.333 e. The van der Waals surface area contributed by atoms with Gasteiger partial charge in [-0.2, -0.15) is 18.3 Å². The van der Waals surface area contributed by atoms with Crippen LogP contribution < -0.4 is 5.56 Å². The number of carbonyl (C=O) groups is 1. The maximum atomic E-state index is 13.2. The molecule has 0 aliphatic carbocycles. The summed E-state index contributed by atoms with van der Waals surface area (Å²) in [5.74, 6) is -0.527. The SMILES string of the molecule is CC1(C)CN(C(=O)c2cc3cccc(C(F)(F)F)c3[nH]c2=O)Cc2cn[nH]c21. The number of alkyl halides is 3. The lowest BCUT2D eigenvalue weighted by Gasteiger charge is -2.37. The molecule has 1 aliphatic rings. The Kier molecular flexibility index (Phi) is 3.88. The summed E-state index contributed by atoms with van der Waals surface area (Å²) in [7, 11) is 0. The van der Waals surface area contributed by atoms with E-state index >= 15 is 0 Å². The predicted molar refractivity (Wildman–Crippen MR) is 95.9 cm³/mol. The summed E-state index contributed by atoms with van der Waals surface area (Å²) < 4.78 is 39.6. The lowest BCUT2D eigenvalue weighted by atomic mass is 9.83. The van der Waals surface area contributed by atoms with Gasteiger partial charge in [0.2, 0.25) is 0 Å². The van der Waals surface area contributed by atoms with Gasteiger partial charge in [0.05, 0.1) is 17.3 Å². The first-order valence-corrected chi connectivity index (χ1v) is 8.63. The standard InChI is InChI=1S/C19H17F3N4O2/c1-18(2)9-26(8-11-7-23-25-15(11)18)17(28)12-6-10-4-3-5-13(19(20,21)22)14(10)24-16(12)27/h3-7H,8-9H2,1-2H3,(H,23,25)(H,24,27). The van der Waals surface area contributed by atoms with Crippen molar-refractivity contribution in [1.29, 1.82) is 0 Å². The molecule has 0 unspecified atom stereocenters. The Labute approximate surface area is 157 Å². The van der Waals surface area contributed by atoms with Gasteiger partial charge >= 0.3 is 6.18 Å². The number of rotatable bonds is 1. The van der Waals surface area contributed by atoms with E-state index < -0.39 is 28.6 Å². The van der Waals surface area contributed by atoms with Gasteiger partial charge in [-0.3, -0.25) is 14.7 Å². The van der Waals surface area contributed by atoms with Gasteiger partial charge in [0, 0.05) is 29.8 Å². The Morgan fingerprint density at radius 1 is 1.29 bits per heavy atom. The van der Waals surface area contributed by atoms with Crippen LogP contribution in [0.2, 0.25) is 0 Å². The van der Waals surface area contributed by atoms with E-state index in [9.17, 15) is 22.8 Å². The first kappa shape index (κ1) is 18.3. The zero-order valence-electron chi connectivity index (χ0n) is 15.1. The Balaban J connectivity index is 1.77. The number of pyridine rings is 1. The maximum Gasteiger partial charge on any atom is 0.418 e. The second-order valence-electron chi connectivity index (χ2n) is 7.60. The van der Waals surface area contributed by atoms with Gasteiger partial charge in [-0.25, -0.2) is 0 Å². The molecule has 0 radical (unpaired) electrons. The number of hydrogen-bond acceptors (Lipinski definition) is 3. The summed E-state index contributed by atoms with van der Waals surface area (Å²) in [6, 6.07) is 4.81. The Hall–Kier alpha value is -3.10. The fourth-order valence-electron chi connectivity index (χ4n) is 3.78.